The van der Waals surface area contributed by atoms with Crippen molar-refractivity contribution in [1.82, 2.24) is 14.7 Å². The van der Waals surface area contributed by atoms with Gasteiger partial charge in [0.1, 0.15) is 12.4 Å². The lowest BCUT2D eigenvalue weighted by atomic mass is 10.00. The third-order valence-corrected chi connectivity index (χ3v) is 7.64. The summed E-state index contributed by atoms with van der Waals surface area (Å²) in [6.45, 7) is 5.39. The SMILES string of the molecule is O=C1c2ccc(CN3CCCCC3CO)cc2OCCN1CC(O)CN1CCc2ccccc2C1. The fraction of sp³-hybridized carbons (Fsp3) is 0.536. The first-order chi connectivity index (χ1) is 17.1. The molecule has 2 N–H and O–H groups in total. The van der Waals surface area contributed by atoms with E-state index in [1.165, 1.54) is 11.1 Å². The number of hydrogen-bond acceptors (Lipinski definition) is 6. The van der Waals surface area contributed by atoms with Gasteiger partial charge in [-0.15, -0.1) is 0 Å². The highest BCUT2D eigenvalue weighted by atomic mass is 16.5. The van der Waals surface area contributed by atoms with Crippen molar-refractivity contribution in [1.29, 1.82) is 0 Å². The van der Waals surface area contributed by atoms with Gasteiger partial charge in [0.2, 0.25) is 0 Å². The first-order valence-corrected chi connectivity index (χ1v) is 13.0. The summed E-state index contributed by atoms with van der Waals surface area (Å²) in [6, 6.07) is 14.5. The number of aliphatic hydroxyl groups excluding tert-OH is 2. The molecule has 7 nitrogen and oxygen atoms in total. The van der Waals surface area contributed by atoms with Crippen LogP contribution in [0.5, 0.6) is 5.75 Å². The number of piperidine rings is 1. The molecule has 35 heavy (non-hydrogen) atoms. The zero-order valence-corrected chi connectivity index (χ0v) is 20.4. The lowest BCUT2D eigenvalue weighted by molar-refractivity contribution is 0.0501. The zero-order valence-electron chi connectivity index (χ0n) is 20.4. The molecule has 2 aromatic rings. The third-order valence-electron chi connectivity index (χ3n) is 7.64. The summed E-state index contributed by atoms with van der Waals surface area (Å²) in [7, 11) is 0. The van der Waals surface area contributed by atoms with E-state index in [0.29, 0.717) is 37.6 Å². The van der Waals surface area contributed by atoms with Crippen LogP contribution in [0, 0.1) is 0 Å². The van der Waals surface area contributed by atoms with Gasteiger partial charge in [-0.25, -0.2) is 0 Å². The van der Waals surface area contributed by atoms with Crippen LogP contribution in [0.1, 0.15) is 46.3 Å². The van der Waals surface area contributed by atoms with Gasteiger partial charge in [0, 0.05) is 38.8 Å². The Kier molecular flexibility index (Phi) is 7.68. The first-order valence-electron chi connectivity index (χ1n) is 13.0. The predicted octanol–water partition coefficient (Wildman–Crippen LogP) is 2.29. The molecule has 188 valence electrons. The minimum absolute atomic E-state index is 0.0849. The highest BCUT2D eigenvalue weighted by molar-refractivity contribution is 5.97. The van der Waals surface area contributed by atoms with E-state index in [4.69, 9.17) is 4.74 Å². The maximum absolute atomic E-state index is 13.3. The van der Waals surface area contributed by atoms with Gasteiger partial charge in [0.25, 0.3) is 5.91 Å². The lowest BCUT2D eigenvalue weighted by Gasteiger charge is -2.34. The maximum atomic E-state index is 13.3. The van der Waals surface area contributed by atoms with E-state index in [1.807, 2.05) is 18.2 Å². The van der Waals surface area contributed by atoms with Crippen molar-refractivity contribution >= 4 is 5.91 Å². The second kappa shape index (κ2) is 11.1. The van der Waals surface area contributed by atoms with Gasteiger partial charge >= 0.3 is 0 Å². The number of β-amino-alcohol motifs (C(OH)–C–C–N with tert-alkyl or cyclic N) is 1. The van der Waals surface area contributed by atoms with Crippen molar-refractivity contribution in [3.05, 3.63) is 64.7 Å². The minimum Gasteiger partial charge on any atom is -0.491 e. The number of carbonyl (C=O) groups excluding carboxylic acids is 1. The van der Waals surface area contributed by atoms with Crippen molar-refractivity contribution in [2.45, 2.75) is 50.9 Å². The van der Waals surface area contributed by atoms with Gasteiger partial charge in [0.05, 0.1) is 24.8 Å². The number of hydrogen-bond donors (Lipinski definition) is 2. The van der Waals surface area contributed by atoms with Crippen molar-refractivity contribution in [3.8, 4) is 5.75 Å². The van der Waals surface area contributed by atoms with Crippen LogP contribution in [0.3, 0.4) is 0 Å². The Bertz CT molecular complexity index is 1030. The number of fused-ring (bicyclic) bond motifs is 2. The molecular formula is C28H37N3O4. The molecular weight excluding hydrogens is 442 g/mol. The molecule has 3 heterocycles. The fourth-order valence-electron chi connectivity index (χ4n) is 5.70. The Balaban J connectivity index is 1.20. The van der Waals surface area contributed by atoms with Crippen LogP contribution in [-0.2, 0) is 19.5 Å². The highest BCUT2D eigenvalue weighted by Gasteiger charge is 2.28. The number of ether oxygens (including phenoxy) is 1. The molecule has 2 atom stereocenters. The number of aliphatic hydroxyl groups is 2. The Hall–Kier alpha value is -2.45. The van der Waals surface area contributed by atoms with Crippen LogP contribution in [0.15, 0.2) is 42.5 Å². The molecule has 7 heteroatoms. The number of likely N-dealkylation sites (tertiary alicyclic amines) is 1. The van der Waals surface area contributed by atoms with Crippen LogP contribution < -0.4 is 4.74 Å². The first kappa shape index (κ1) is 24.3. The Morgan fingerprint density at radius 2 is 1.89 bits per heavy atom. The molecule has 0 bridgehead atoms. The third kappa shape index (κ3) is 5.70. The summed E-state index contributed by atoms with van der Waals surface area (Å²) in [5.74, 6) is 0.535. The summed E-state index contributed by atoms with van der Waals surface area (Å²) in [5.41, 5.74) is 4.37. The molecule has 2 aromatic carbocycles. The van der Waals surface area contributed by atoms with E-state index in [9.17, 15) is 15.0 Å². The molecule has 5 rings (SSSR count). The molecule has 3 aliphatic heterocycles. The Morgan fingerprint density at radius 1 is 1.03 bits per heavy atom. The zero-order chi connectivity index (χ0) is 24.2. The topological polar surface area (TPSA) is 76.5 Å². The van der Waals surface area contributed by atoms with Crippen molar-refractivity contribution in [3.63, 3.8) is 0 Å². The van der Waals surface area contributed by atoms with E-state index in [-0.39, 0.29) is 18.6 Å². The van der Waals surface area contributed by atoms with Crippen LogP contribution in [-0.4, -0.2) is 88.9 Å². The molecule has 1 amide bonds. The molecule has 0 aromatic heterocycles. The Labute approximate surface area is 207 Å². The average Bonchev–Trinajstić information content (AvgIpc) is 3.02. The van der Waals surface area contributed by atoms with Crippen molar-refractivity contribution in [2.75, 3.05) is 45.9 Å². The van der Waals surface area contributed by atoms with Crippen molar-refractivity contribution < 1.29 is 19.7 Å². The van der Waals surface area contributed by atoms with E-state index in [0.717, 1.165) is 57.4 Å². The predicted molar refractivity (Wildman–Crippen MR) is 134 cm³/mol. The normalized spacial score (nSPS) is 22.2. The Morgan fingerprint density at radius 3 is 2.74 bits per heavy atom. The maximum Gasteiger partial charge on any atom is 0.257 e. The molecule has 3 aliphatic rings. The standard InChI is InChI=1S/C28H37N3O4/c32-20-24-7-3-4-11-30(24)16-21-8-9-26-27(15-21)35-14-13-31(28(26)34)19-25(33)18-29-12-10-22-5-1-2-6-23(22)17-29/h1-2,5-6,8-9,15,24-25,32-33H,3-4,7,10-14,16-20H2. The smallest absolute Gasteiger partial charge is 0.257 e. The summed E-state index contributed by atoms with van der Waals surface area (Å²) >= 11 is 0. The van der Waals surface area contributed by atoms with E-state index < -0.39 is 6.10 Å². The number of nitrogens with zero attached hydrogens (tertiary/aromatic N) is 3. The van der Waals surface area contributed by atoms with Crippen molar-refractivity contribution in [2.24, 2.45) is 0 Å². The average molecular weight is 480 g/mol. The van der Waals surface area contributed by atoms with Gasteiger partial charge in [-0.1, -0.05) is 36.8 Å². The summed E-state index contributed by atoms with van der Waals surface area (Å²) in [4.78, 5) is 19.6. The van der Waals surface area contributed by atoms with Gasteiger partial charge in [-0.3, -0.25) is 14.6 Å². The van der Waals surface area contributed by atoms with Gasteiger partial charge in [-0.2, -0.15) is 0 Å². The summed E-state index contributed by atoms with van der Waals surface area (Å²) in [5, 5.41) is 20.5. The van der Waals surface area contributed by atoms with Crippen LogP contribution in [0.25, 0.3) is 0 Å². The second-order valence-electron chi connectivity index (χ2n) is 10.1. The van der Waals surface area contributed by atoms with Gasteiger partial charge in [0.15, 0.2) is 0 Å². The van der Waals surface area contributed by atoms with E-state index >= 15 is 0 Å². The number of carbonyl (C=O) groups is 1. The molecule has 1 saturated heterocycles. The van der Waals surface area contributed by atoms with Crippen LogP contribution in [0.4, 0.5) is 0 Å². The van der Waals surface area contributed by atoms with Gasteiger partial charge in [-0.05, 0) is 54.6 Å². The van der Waals surface area contributed by atoms with E-state index in [1.54, 1.807) is 4.90 Å². The lowest BCUT2D eigenvalue weighted by Crippen LogP contribution is -2.44. The monoisotopic (exact) mass is 479 g/mol. The minimum atomic E-state index is -0.612. The summed E-state index contributed by atoms with van der Waals surface area (Å²) < 4.78 is 5.98. The molecule has 2 unspecified atom stereocenters. The molecule has 0 aliphatic carbocycles. The number of rotatable bonds is 7. The highest BCUT2D eigenvalue weighted by Crippen LogP contribution is 2.27. The van der Waals surface area contributed by atoms with Gasteiger partial charge < -0.3 is 19.8 Å². The van der Waals surface area contributed by atoms with Crippen LogP contribution >= 0.6 is 0 Å². The quantitative estimate of drug-likeness (QED) is 0.635. The second-order valence-corrected chi connectivity index (χ2v) is 10.1. The van der Waals surface area contributed by atoms with E-state index in [2.05, 4.69) is 34.1 Å². The molecule has 1 fully saturated rings. The molecule has 0 radical (unpaired) electrons. The molecule has 0 saturated carbocycles. The molecule has 0 spiro atoms. The number of amides is 1. The largest absolute Gasteiger partial charge is 0.491 e. The van der Waals surface area contributed by atoms with Crippen LogP contribution in [0.2, 0.25) is 0 Å². The number of benzene rings is 2. The fourth-order valence-corrected chi connectivity index (χ4v) is 5.70. The summed E-state index contributed by atoms with van der Waals surface area (Å²) in [6.07, 6.45) is 3.72.